The number of aromatic nitrogens is 3. The lowest BCUT2D eigenvalue weighted by Gasteiger charge is -2.31. The fourth-order valence-corrected chi connectivity index (χ4v) is 5.65. The van der Waals surface area contributed by atoms with Crippen LogP contribution >= 0.6 is 22.9 Å². The van der Waals surface area contributed by atoms with Crippen molar-refractivity contribution in [2.75, 3.05) is 13.1 Å². The van der Waals surface area contributed by atoms with Gasteiger partial charge in [0.2, 0.25) is 0 Å². The Hall–Kier alpha value is -2.70. The average molecular weight is 451 g/mol. The van der Waals surface area contributed by atoms with Crippen molar-refractivity contribution in [1.29, 1.82) is 0 Å². The number of rotatable bonds is 4. The highest BCUT2D eigenvalue weighted by Crippen LogP contribution is 2.34. The molecule has 0 N–H and O–H groups in total. The molecular weight excluding hydrogens is 428 g/mol. The topological polar surface area (TPSA) is 51.0 Å². The molecule has 1 atom stereocenters. The van der Waals surface area contributed by atoms with Crippen LogP contribution in [-0.2, 0) is 6.54 Å². The molecule has 0 bridgehead atoms. The smallest absolute Gasteiger partial charge is 0.258 e. The van der Waals surface area contributed by atoms with Gasteiger partial charge in [-0.1, -0.05) is 54.1 Å². The number of hydrogen-bond acceptors (Lipinski definition) is 4. The second-order valence-corrected chi connectivity index (χ2v) is 9.42. The first-order valence-electron chi connectivity index (χ1n) is 10.5. The molecule has 158 valence electrons. The third-order valence-electron chi connectivity index (χ3n) is 5.82. The summed E-state index contributed by atoms with van der Waals surface area (Å²) in [5.74, 6) is 0.223. The number of fused-ring (bicyclic) bond motifs is 1. The Morgan fingerprint density at radius 2 is 1.94 bits per heavy atom. The molecule has 0 radical (unpaired) electrons. The lowest BCUT2D eigenvalue weighted by molar-refractivity contribution is 0.0706. The summed E-state index contributed by atoms with van der Waals surface area (Å²) >= 11 is 8.38. The number of likely N-dealkylation sites (tertiary alicyclic amines) is 1. The molecule has 1 aliphatic heterocycles. The number of para-hydroxylation sites is 1. The summed E-state index contributed by atoms with van der Waals surface area (Å²) in [6.07, 6.45) is 2.00. The van der Waals surface area contributed by atoms with Crippen LogP contribution in [0, 0.1) is 6.92 Å². The monoisotopic (exact) mass is 450 g/mol. The summed E-state index contributed by atoms with van der Waals surface area (Å²) in [6.45, 7) is 3.80. The first-order chi connectivity index (χ1) is 15.1. The van der Waals surface area contributed by atoms with E-state index in [4.69, 9.17) is 16.6 Å². The summed E-state index contributed by atoms with van der Waals surface area (Å²) in [5.41, 5.74) is 3.32. The minimum absolute atomic E-state index is 0.0346. The summed E-state index contributed by atoms with van der Waals surface area (Å²) < 4.78 is 2.91. The van der Waals surface area contributed by atoms with Crippen LogP contribution < -0.4 is 0 Å². The van der Waals surface area contributed by atoms with Gasteiger partial charge in [0.15, 0.2) is 0 Å². The van der Waals surface area contributed by atoms with Gasteiger partial charge in [-0.2, -0.15) is 5.10 Å². The van der Waals surface area contributed by atoms with E-state index in [1.54, 1.807) is 16.0 Å². The lowest BCUT2D eigenvalue weighted by Crippen LogP contribution is -2.39. The predicted octanol–water partition coefficient (Wildman–Crippen LogP) is 5.52. The Kier molecular flexibility index (Phi) is 5.50. The second kappa shape index (κ2) is 8.44. The van der Waals surface area contributed by atoms with Crippen molar-refractivity contribution >= 4 is 39.1 Å². The normalized spacial score (nSPS) is 16.7. The quantitative estimate of drug-likeness (QED) is 0.411. The van der Waals surface area contributed by atoms with Crippen molar-refractivity contribution < 1.29 is 4.79 Å². The third kappa shape index (κ3) is 3.98. The maximum atomic E-state index is 13.4. The molecule has 5 nitrogen and oxygen atoms in total. The van der Waals surface area contributed by atoms with Gasteiger partial charge < -0.3 is 4.90 Å². The second-order valence-electron chi connectivity index (χ2n) is 8.00. The number of benzene rings is 2. The van der Waals surface area contributed by atoms with Gasteiger partial charge in [0.25, 0.3) is 5.91 Å². The predicted molar refractivity (Wildman–Crippen MR) is 125 cm³/mol. The van der Waals surface area contributed by atoms with Gasteiger partial charge in [-0.25, -0.2) is 9.67 Å². The molecule has 1 amide bonds. The van der Waals surface area contributed by atoms with Crippen molar-refractivity contribution in [3.63, 3.8) is 0 Å². The molecule has 7 heteroatoms. The van der Waals surface area contributed by atoms with Crippen LogP contribution in [0.5, 0.6) is 0 Å². The van der Waals surface area contributed by atoms with Crippen LogP contribution in [0.25, 0.3) is 10.2 Å². The lowest BCUT2D eigenvalue weighted by atomic mass is 9.98. The number of carbonyl (C=O) groups excluding carboxylic acids is 1. The molecule has 0 aliphatic carbocycles. The average Bonchev–Trinajstić information content (AvgIpc) is 3.35. The fraction of sp³-hybridized carbons (Fsp3) is 0.292. The van der Waals surface area contributed by atoms with E-state index in [1.165, 1.54) is 4.70 Å². The molecule has 3 heterocycles. The maximum Gasteiger partial charge on any atom is 0.258 e. The molecule has 0 unspecified atom stereocenters. The summed E-state index contributed by atoms with van der Waals surface area (Å²) in [7, 11) is 0. The molecule has 5 rings (SSSR count). The zero-order chi connectivity index (χ0) is 21.4. The number of hydrogen-bond donors (Lipinski definition) is 0. The minimum atomic E-state index is -0.0346. The van der Waals surface area contributed by atoms with Gasteiger partial charge in [-0.05, 0) is 37.5 Å². The van der Waals surface area contributed by atoms with Crippen molar-refractivity contribution in [1.82, 2.24) is 19.7 Å². The van der Waals surface area contributed by atoms with E-state index in [-0.39, 0.29) is 11.8 Å². The molecule has 0 spiro atoms. The SMILES string of the molecule is Cc1nn(Cc2ccccc2)c(Cl)c1C(=O)N1CCC[C@H](c2nc3ccccc3s2)C1. The number of thiazole rings is 1. The van der Waals surface area contributed by atoms with Crippen molar-refractivity contribution in [3.05, 3.63) is 81.6 Å². The molecule has 1 fully saturated rings. The van der Waals surface area contributed by atoms with E-state index in [1.807, 2.05) is 60.4 Å². The number of aryl methyl sites for hydroxylation is 1. The largest absolute Gasteiger partial charge is 0.338 e. The summed E-state index contributed by atoms with van der Waals surface area (Å²) in [5, 5.41) is 6.08. The fourth-order valence-electron chi connectivity index (χ4n) is 4.24. The Labute approximate surface area is 190 Å². The molecule has 2 aromatic heterocycles. The van der Waals surface area contributed by atoms with Crippen LogP contribution in [0.3, 0.4) is 0 Å². The number of halogens is 1. The van der Waals surface area contributed by atoms with Crippen LogP contribution in [0.2, 0.25) is 5.15 Å². The van der Waals surface area contributed by atoms with Crippen molar-refractivity contribution in [3.8, 4) is 0 Å². The molecule has 1 saturated heterocycles. The first-order valence-corrected chi connectivity index (χ1v) is 11.7. The van der Waals surface area contributed by atoms with Crippen LogP contribution in [0.4, 0.5) is 0 Å². The van der Waals surface area contributed by atoms with Crippen molar-refractivity contribution in [2.24, 2.45) is 0 Å². The van der Waals surface area contributed by atoms with E-state index in [2.05, 4.69) is 11.2 Å². The van der Waals surface area contributed by atoms with Gasteiger partial charge in [0, 0.05) is 19.0 Å². The number of carbonyl (C=O) groups is 1. The molecule has 0 saturated carbocycles. The number of amides is 1. The highest BCUT2D eigenvalue weighted by molar-refractivity contribution is 7.18. The van der Waals surface area contributed by atoms with Gasteiger partial charge in [0.05, 0.1) is 33.0 Å². The van der Waals surface area contributed by atoms with Gasteiger partial charge in [0.1, 0.15) is 5.15 Å². The Balaban J connectivity index is 1.37. The third-order valence-corrected chi connectivity index (χ3v) is 7.41. The zero-order valence-electron chi connectivity index (χ0n) is 17.3. The van der Waals surface area contributed by atoms with E-state index >= 15 is 0 Å². The van der Waals surface area contributed by atoms with Crippen LogP contribution in [0.1, 0.15) is 45.4 Å². The molecule has 2 aromatic carbocycles. The van der Waals surface area contributed by atoms with E-state index in [0.717, 1.165) is 35.5 Å². The van der Waals surface area contributed by atoms with Crippen LogP contribution in [0.15, 0.2) is 54.6 Å². The Morgan fingerprint density at radius 1 is 1.16 bits per heavy atom. The van der Waals surface area contributed by atoms with Crippen molar-refractivity contribution in [2.45, 2.75) is 32.2 Å². The standard InChI is InChI=1S/C24H23ClN4OS/c1-16-21(22(25)29(27-16)14-17-8-3-2-4-9-17)24(30)28-13-7-10-18(15-28)23-26-19-11-5-6-12-20(19)31-23/h2-6,8-9,11-12,18H,7,10,13-15H2,1H3/t18-/m0/s1. The van der Waals surface area contributed by atoms with Gasteiger partial charge in [-0.3, -0.25) is 4.79 Å². The summed E-state index contributed by atoms with van der Waals surface area (Å²) in [6, 6.07) is 18.2. The molecule has 1 aliphatic rings. The maximum absolute atomic E-state index is 13.4. The summed E-state index contributed by atoms with van der Waals surface area (Å²) in [4.78, 5) is 20.2. The highest BCUT2D eigenvalue weighted by Gasteiger charge is 2.31. The van der Waals surface area contributed by atoms with Gasteiger partial charge in [-0.15, -0.1) is 11.3 Å². The highest BCUT2D eigenvalue weighted by atomic mass is 35.5. The van der Waals surface area contributed by atoms with E-state index < -0.39 is 0 Å². The molecule has 31 heavy (non-hydrogen) atoms. The van der Waals surface area contributed by atoms with E-state index in [9.17, 15) is 4.79 Å². The van der Waals surface area contributed by atoms with Gasteiger partial charge >= 0.3 is 0 Å². The number of piperidine rings is 1. The minimum Gasteiger partial charge on any atom is -0.338 e. The Bertz CT molecular complexity index is 1200. The first kappa shape index (κ1) is 20.2. The van der Waals surface area contributed by atoms with E-state index in [0.29, 0.717) is 29.5 Å². The molecular formula is C24H23ClN4OS. The number of nitrogens with zero attached hydrogens (tertiary/aromatic N) is 4. The Morgan fingerprint density at radius 3 is 2.74 bits per heavy atom. The zero-order valence-corrected chi connectivity index (χ0v) is 18.9. The molecule has 4 aromatic rings. The van der Waals surface area contributed by atoms with Crippen LogP contribution in [-0.4, -0.2) is 38.7 Å².